The van der Waals surface area contributed by atoms with Crippen LogP contribution in [0.1, 0.15) is 19.7 Å². The normalized spacial score (nSPS) is 9.30. The summed E-state index contributed by atoms with van der Waals surface area (Å²) in [5.41, 5.74) is 13.1. The maximum absolute atomic E-state index is 11.6. The molecule has 10 aromatic rings. The highest BCUT2D eigenvalue weighted by Crippen LogP contribution is 2.18. The van der Waals surface area contributed by atoms with Crippen molar-refractivity contribution in [1.29, 1.82) is 0 Å². The molecule has 0 unspecified atom stereocenters. The van der Waals surface area contributed by atoms with E-state index in [1.54, 1.807) is 78.9 Å². The average Bonchev–Trinajstić information content (AvgIpc) is 3.49. The zero-order valence-electron chi connectivity index (χ0n) is 49.1. The molecule has 10 aromatic carbocycles. The zero-order chi connectivity index (χ0) is 53.2. The van der Waals surface area contributed by atoms with Gasteiger partial charge in [-0.1, -0.05) is 211 Å². The minimum Gasteiger partial charge on any atom is -0.594 e. The Morgan fingerprint density at radius 1 is 0.405 bits per heavy atom. The monoisotopic (exact) mass is 1070 g/mol. The number of aliphatic hydroxyl groups is 1. The van der Waals surface area contributed by atoms with Crippen LogP contribution >= 0.6 is 0 Å². The number of nitroso groups, excluding NO2 is 1. The quantitative estimate of drug-likeness (QED) is 0.0296. The molecule has 17 nitrogen and oxygen atoms in total. The van der Waals surface area contributed by atoms with E-state index in [2.05, 4.69) is 62.2 Å². The number of rotatable bonds is 10. The highest BCUT2D eigenvalue weighted by Gasteiger charge is 2.01. The topological polar surface area (TPSA) is 320 Å². The first-order chi connectivity index (χ1) is 36.8. The molecule has 0 saturated heterocycles. The van der Waals surface area contributed by atoms with Crippen LogP contribution in [0, 0.1) is 20.2 Å². The van der Waals surface area contributed by atoms with E-state index in [0.717, 1.165) is 34.9 Å². The number of nitro groups is 1. The maximum Gasteiger partial charge on any atom is 1.00 e. The molecule has 408 valence electrons. The lowest BCUT2D eigenvalue weighted by Crippen LogP contribution is -1.98. The number of nitro benzene ring substituents is 1. The predicted octanol–water partition coefficient (Wildman–Crippen LogP) is 14.5. The number of anilines is 2. The van der Waals surface area contributed by atoms with Gasteiger partial charge in [0.1, 0.15) is 11.4 Å². The Hall–Kier alpha value is -10.4. The second-order valence-corrected chi connectivity index (χ2v) is 15.2. The fourth-order valence-corrected chi connectivity index (χ4v) is 5.75. The van der Waals surface area contributed by atoms with Gasteiger partial charge in [-0.05, 0) is 89.1 Å². The Morgan fingerprint density at radius 2 is 0.709 bits per heavy atom. The van der Waals surface area contributed by atoms with Gasteiger partial charge in [0.05, 0.1) is 22.9 Å². The van der Waals surface area contributed by atoms with Crippen LogP contribution in [0.5, 0.6) is 0 Å². The van der Waals surface area contributed by atoms with Gasteiger partial charge in [-0.2, -0.15) is 10.2 Å². The molecule has 0 aliphatic carbocycles. The molecular formula is C62H72N8O9+6. The van der Waals surface area contributed by atoms with Gasteiger partial charge in [-0.25, -0.2) is 0 Å². The summed E-state index contributed by atoms with van der Waals surface area (Å²) in [5.74, 6) is 0. The van der Waals surface area contributed by atoms with Crippen LogP contribution in [0.2, 0.25) is 0 Å². The Bertz CT molecular complexity index is 3010. The highest BCUT2D eigenvalue weighted by atomic mass is 16.6. The second-order valence-electron chi connectivity index (χ2n) is 15.2. The Balaban J connectivity index is -0.000000166. The summed E-state index contributed by atoms with van der Waals surface area (Å²) >= 11 is 0. The van der Waals surface area contributed by atoms with Gasteiger partial charge in [0.2, 0.25) is 5.69 Å². The standard InChI is InChI=1S/C13H13N.C12H10N2O.C12H10N2.C7H8O.C6H5NO2.C6H5NO.C6H7N.4H2O/c1-3-7-12(8-4-1)11-14-13-9-5-2-6-10-13;15-14(12-9-5-2-6-10-12)13-11-7-3-1-4-8-11;1-3-7-11(8-4-1)13-14-12-9-5-2-6-10-12;8-6-7-4-2-1-3-5-7;8-7(9)6-4-2-1-3-5-6;8-7-6-4-2-1-3-5-6;7-6-4-2-1-3-5-6;;;;/h1-10,14H,11H2;1-10H;1-10H;1-5,8H,6H2;1-5H;1-5H;1-5H,7H2;4*1H2/p+6. The lowest BCUT2D eigenvalue weighted by Gasteiger charge is -2.05. The minimum absolute atomic E-state index is 0. The van der Waals surface area contributed by atoms with Crippen LogP contribution in [0.4, 0.5) is 45.5 Å². The molecule has 0 aliphatic heterocycles. The lowest BCUT2D eigenvalue weighted by atomic mass is 10.2. The first-order valence-electron chi connectivity index (χ1n) is 23.5. The third-order valence-electron chi connectivity index (χ3n) is 9.50. The van der Waals surface area contributed by atoms with Crippen molar-refractivity contribution < 1.29 is 45.4 Å². The third-order valence-corrected chi connectivity index (χ3v) is 9.50. The summed E-state index contributed by atoms with van der Waals surface area (Å²) < 4.78 is 0. The third kappa shape index (κ3) is 31.8. The molecule has 0 atom stereocenters. The van der Waals surface area contributed by atoms with Gasteiger partial charge in [0.15, 0.2) is 0 Å². The van der Waals surface area contributed by atoms with Crippen LogP contribution < -0.4 is 11.1 Å². The number of non-ortho nitro benzene ring substituents is 1. The summed E-state index contributed by atoms with van der Waals surface area (Å²) in [7, 11) is 0. The molecule has 79 heavy (non-hydrogen) atoms. The second kappa shape index (κ2) is 43.9. The highest BCUT2D eigenvalue weighted by molar-refractivity contribution is 5.43. The molecule has 0 heterocycles. The summed E-state index contributed by atoms with van der Waals surface area (Å²) in [6.07, 6.45) is 0. The van der Waals surface area contributed by atoms with E-state index in [1.807, 2.05) is 176 Å². The summed E-state index contributed by atoms with van der Waals surface area (Å²) in [6, 6.07) is 93.7. The van der Waals surface area contributed by atoms with Crippen LogP contribution in [0.25, 0.3) is 0 Å². The smallest absolute Gasteiger partial charge is 0.594 e. The predicted molar refractivity (Wildman–Crippen MR) is 325 cm³/mol. The number of nitrogen functional groups attached to an aromatic ring is 1. The van der Waals surface area contributed by atoms with Crippen molar-refractivity contribution >= 4 is 45.5 Å². The largest absolute Gasteiger partial charge is 1.00 e. The van der Waals surface area contributed by atoms with E-state index in [1.165, 1.54) is 17.7 Å². The average molecular weight is 1070 g/mol. The van der Waals surface area contributed by atoms with Crippen molar-refractivity contribution in [1.82, 2.24) is 0 Å². The number of nitrogens with zero attached hydrogens (tertiary/aromatic N) is 6. The SMILES string of the molecule is Nc1ccccc1.O.O.O.O.O=Nc1ccccc1.O=[N+]([O-])c1ccccc1.OCc1ccccc1.[H+].[H+].[H+].[H+].[H+].[H+].[O-][N+](=Nc1ccccc1)c1ccccc1.c1ccc(CNc2ccccc2)cc1.c1ccc(N=Nc2ccccc2)cc1. The number of hydrogen-bond acceptors (Lipinski definition) is 11. The Kier molecular flexibility index (Phi) is 38.2. The number of hydrogen-bond donors (Lipinski definition) is 3. The first kappa shape index (κ1) is 68.6. The van der Waals surface area contributed by atoms with E-state index >= 15 is 0 Å². The van der Waals surface area contributed by atoms with Crippen molar-refractivity contribution in [3.63, 3.8) is 0 Å². The molecule has 12 N–H and O–H groups in total. The number of nitrogens with two attached hydrogens (primary N) is 1. The molecule has 17 heteroatoms. The minimum atomic E-state index is -0.417. The number of azo groups is 2. The summed E-state index contributed by atoms with van der Waals surface area (Å²) in [6.45, 7) is 1.02. The Labute approximate surface area is 468 Å². The molecule has 10 rings (SSSR count). The van der Waals surface area contributed by atoms with Crippen LogP contribution in [0.3, 0.4) is 0 Å². The van der Waals surface area contributed by atoms with Crippen molar-refractivity contribution in [2.24, 2.45) is 20.5 Å². The molecule has 0 saturated carbocycles. The molecule has 0 fully saturated rings. The van der Waals surface area contributed by atoms with Crippen LogP contribution in [0.15, 0.2) is 324 Å². The van der Waals surface area contributed by atoms with Gasteiger partial charge in [0, 0.05) is 47.3 Å². The van der Waals surface area contributed by atoms with E-state index in [9.17, 15) is 20.2 Å². The summed E-state index contributed by atoms with van der Waals surface area (Å²) in [5, 5.41) is 48.3. The van der Waals surface area contributed by atoms with E-state index in [4.69, 9.17) is 10.8 Å². The molecule has 0 spiro atoms. The zero-order valence-corrected chi connectivity index (χ0v) is 43.1. The molecular weight excluding hydrogens is 1000 g/mol. The fourth-order valence-electron chi connectivity index (χ4n) is 5.75. The Morgan fingerprint density at radius 3 is 1.01 bits per heavy atom. The number of nitrogens with one attached hydrogen (secondary N) is 1. The van der Waals surface area contributed by atoms with Gasteiger partial charge < -0.3 is 43.3 Å². The van der Waals surface area contributed by atoms with Crippen molar-refractivity contribution in [3.8, 4) is 0 Å². The fraction of sp³-hybridized carbons (Fsp3) is 0.0323. The molecule has 0 aliphatic rings. The molecule has 0 radical (unpaired) electrons. The molecule has 0 bridgehead atoms. The maximum atomic E-state index is 11.6. The van der Waals surface area contributed by atoms with Gasteiger partial charge in [-0.3, -0.25) is 10.1 Å². The van der Waals surface area contributed by atoms with Crippen LogP contribution in [-0.4, -0.2) is 36.8 Å². The lowest BCUT2D eigenvalue weighted by molar-refractivity contribution is -0.435. The van der Waals surface area contributed by atoms with Crippen molar-refractivity contribution in [2.45, 2.75) is 13.2 Å². The van der Waals surface area contributed by atoms with E-state index in [0.29, 0.717) is 21.9 Å². The van der Waals surface area contributed by atoms with Gasteiger partial charge in [-0.15, -0.1) is 4.91 Å². The van der Waals surface area contributed by atoms with E-state index < -0.39 is 4.92 Å². The number of aliphatic hydroxyl groups excluding tert-OH is 1. The van der Waals surface area contributed by atoms with Gasteiger partial charge in [0.25, 0.3) is 5.69 Å². The number of benzene rings is 10. The van der Waals surface area contributed by atoms with E-state index in [-0.39, 0.29) is 42.8 Å². The first-order valence-corrected chi connectivity index (χ1v) is 23.5. The summed E-state index contributed by atoms with van der Waals surface area (Å²) in [4.78, 5) is 20.0. The van der Waals surface area contributed by atoms with Gasteiger partial charge >= 0.3 is 8.56 Å². The number of para-hydroxylation sites is 4. The van der Waals surface area contributed by atoms with Crippen molar-refractivity contribution in [2.75, 3.05) is 11.1 Å². The van der Waals surface area contributed by atoms with Crippen molar-refractivity contribution in [3.05, 3.63) is 335 Å². The molecule has 0 aromatic heterocycles. The molecule has 0 amide bonds. The van der Waals surface area contributed by atoms with Crippen LogP contribution in [-0.2, 0) is 13.2 Å².